The SMILES string of the molecule is CC1(C)OB(c2cnc3ccc(NC(=O)O)cn23)OC1(C)C. The van der Waals surface area contributed by atoms with Crippen molar-refractivity contribution >= 4 is 30.1 Å². The topological polar surface area (TPSA) is 85.1 Å². The van der Waals surface area contributed by atoms with E-state index in [0.29, 0.717) is 11.3 Å². The molecule has 116 valence electrons. The van der Waals surface area contributed by atoms with E-state index in [-0.39, 0.29) is 0 Å². The quantitative estimate of drug-likeness (QED) is 0.825. The largest absolute Gasteiger partial charge is 0.514 e. The first-order valence-electron chi connectivity index (χ1n) is 7.02. The van der Waals surface area contributed by atoms with E-state index in [1.165, 1.54) is 0 Å². The van der Waals surface area contributed by atoms with Crippen molar-refractivity contribution < 1.29 is 19.2 Å². The molecule has 1 aliphatic heterocycles. The lowest BCUT2D eigenvalue weighted by Crippen LogP contribution is -2.41. The Morgan fingerprint density at radius 1 is 1.27 bits per heavy atom. The zero-order valence-electron chi connectivity index (χ0n) is 13.0. The highest BCUT2D eigenvalue weighted by atomic mass is 16.7. The number of carboxylic acid groups (broad SMARTS) is 1. The average molecular weight is 303 g/mol. The van der Waals surface area contributed by atoms with E-state index < -0.39 is 24.4 Å². The van der Waals surface area contributed by atoms with Crippen LogP contribution in [0.2, 0.25) is 0 Å². The second kappa shape index (κ2) is 4.72. The van der Waals surface area contributed by atoms with Gasteiger partial charge in [-0.2, -0.15) is 0 Å². The predicted molar refractivity (Wildman–Crippen MR) is 82.6 cm³/mol. The first kappa shape index (κ1) is 14.9. The van der Waals surface area contributed by atoms with Crippen molar-refractivity contribution in [3.63, 3.8) is 0 Å². The Bertz CT molecular complexity index is 725. The van der Waals surface area contributed by atoms with Crippen molar-refractivity contribution in [2.75, 3.05) is 5.32 Å². The number of carbonyl (C=O) groups is 1. The van der Waals surface area contributed by atoms with Gasteiger partial charge >= 0.3 is 13.2 Å². The number of anilines is 1. The molecule has 22 heavy (non-hydrogen) atoms. The van der Waals surface area contributed by atoms with Crippen LogP contribution in [0, 0.1) is 0 Å². The maximum absolute atomic E-state index is 10.8. The van der Waals surface area contributed by atoms with Crippen LogP contribution in [0.25, 0.3) is 5.65 Å². The number of nitrogens with one attached hydrogen (secondary N) is 1. The summed E-state index contributed by atoms with van der Waals surface area (Å²) in [5, 5.41) is 11.1. The summed E-state index contributed by atoms with van der Waals surface area (Å²) in [6.07, 6.45) is 2.23. The van der Waals surface area contributed by atoms with E-state index in [2.05, 4.69) is 10.3 Å². The molecule has 0 aromatic carbocycles. The first-order valence-corrected chi connectivity index (χ1v) is 7.02. The van der Waals surface area contributed by atoms with Crippen LogP contribution >= 0.6 is 0 Å². The highest BCUT2D eigenvalue weighted by Gasteiger charge is 2.52. The summed E-state index contributed by atoms with van der Waals surface area (Å²) in [6, 6.07) is 3.39. The Morgan fingerprint density at radius 2 is 1.91 bits per heavy atom. The molecular formula is C14H18BN3O4. The number of nitrogens with zero attached hydrogens (tertiary/aromatic N) is 2. The second-order valence-electron chi connectivity index (χ2n) is 6.35. The van der Waals surface area contributed by atoms with Gasteiger partial charge in [-0.1, -0.05) is 0 Å². The Labute approximate surface area is 128 Å². The molecular weight excluding hydrogens is 285 g/mol. The average Bonchev–Trinajstić information content (AvgIpc) is 2.87. The van der Waals surface area contributed by atoms with Crippen LogP contribution in [0.4, 0.5) is 10.5 Å². The van der Waals surface area contributed by atoms with E-state index in [9.17, 15) is 4.79 Å². The Kier molecular flexibility index (Phi) is 3.19. The molecule has 1 fully saturated rings. The summed E-state index contributed by atoms with van der Waals surface area (Å²) >= 11 is 0. The number of hydrogen-bond donors (Lipinski definition) is 2. The maximum Gasteiger partial charge on any atom is 0.514 e. The van der Waals surface area contributed by atoms with Crippen molar-refractivity contribution in [2.24, 2.45) is 0 Å². The van der Waals surface area contributed by atoms with Crippen LogP contribution < -0.4 is 10.9 Å². The molecule has 0 radical (unpaired) electrons. The van der Waals surface area contributed by atoms with Crippen molar-refractivity contribution in [3.8, 4) is 0 Å². The molecule has 0 spiro atoms. The smallest absolute Gasteiger partial charge is 0.465 e. The number of fused-ring (bicyclic) bond motifs is 1. The van der Waals surface area contributed by atoms with Crippen molar-refractivity contribution in [2.45, 2.75) is 38.9 Å². The zero-order chi connectivity index (χ0) is 16.1. The van der Waals surface area contributed by atoms with E-state index >= 15 is 0 Å². The summed E-state index contributed by atoms with van der Waals surface area (Å²) in [7, 11) is -0.555. The molecule has 1 aliphatic rings. The van der Waals surface area contributed by atoms with Gasteiger partial charge in [0.25, 0.3) is 0 Å². The minimum atomic E-state index is -1.11. The fourth-order valence-corrected chi connectivity index (χ4v) is 2.34. The highest BCUT2D eigenvalue weighted by Crippen LogP contribution is 2.36. The summed E-state index contributed by atoms with van der Waals surface area (Å²) < 4.78 is 13.8. The van der Waals surface area contributed by atoms with Gasteiger partial charge in [0.1, 0.15) is 5.65 Å². The van der Waals surface area contributed by atoms with Crippen LogP contribution in [-0.2, 0) is 9.31 Å². The lowest BCUT2D eigenvalue weighted by atomic mass is 9.85. The van der Waals surface area contributed by atoms with E-state index in [4.69, 9.17) is 14.4 Å². The van der Waals surface area contributed by atoms with Gasteiger partial charge in [0.15, 0.2) is 0 Å². The summed E-state index contributed by atoms with van der Waals surface area (Å²) in [5.41, 5.74) is 0.983. The number of imidazole rings is 1. The van der Waals surface area contributed by atoms with Gasteiger partial charge in [-0.25, -0.2) is 9.78 Å². The van der Waals surface area contributed by atoms with Gasteiger partial charge in [-0.3, -0.25) is 5.32 Å². The molecule has 7 nitrogen and oxygen atoms in total. The number of hydrogen-bond acceptors (Lipinski definition) is 4. The van der Waals surface area contributed by atoms with Gasteiger partial charge < -0.3 is 18.8 Å². The Balaban J connectivity index is 2.00. The molecule has 0 aliphatic carbocycles. The number of aromatic nitrogens is 2. The third kappa shape index (κ3) is 2.34. The lowest BCUT2D eigenvalue weighted by molar-refractivity contribution is 0.00578. The van der Waals surface area contributed by atoms with Crippen LogP contribution in [0.5, 0.6) is 0 Å². The van der Waals surface area contributed by atoms with Crippen molar-refractivity contribution in [3.05, 3.63) is 24.5 Å². The molecule has 3 heterocycles. The molecule has 1 amide bonds. The van der Waals surface area contributed by atoms with Gasteiger partial charge in [0, 0.05) is 12.4 Å². The number of rotatable bonds is 2. The van der Waals surface area contributed by atoms with Crippen LogP contribution in [0.1, 0.15) is 27.7 Å². The fourth-order valence-electron chi connectivity index (χ4n) is 2.34. The normalized spacial score (nSPS) is 19.5. The molecule has 0 saturated carbocycles. The minimum absolute atomic E-state index is 0.446. The maximum atomic E-state index is 10.8. The summed E-state index contributed by atoms with van der Waals surface area (Å²) in [6.45, 7) is 7.92. The molecule has 8 heteroatoms. The zero-order valence-corrected chi connectivity index (χ0v) is 13.0. The van der Waals surface area contributed by atoms with Crippen molar-refractivity contribution in [1.29, 1.82) is 0 Å². The minimum Gasteiger partial charge on any atom is -0.465 e. The number of amides is 1. The molecule has 0 atom stereocenters. The van der Waals surface area contributed by atoms with E-state index in [0.717, 1.165) is 5.59 Å². The van der Waals surface area contributed by atoms with Crippen LogP contribution in [-0.4, -0.2) is 38.9 Å². The molecule has 2 aromatic heterocycles. The van der Waals surface area contributed by atoms with Crippen molar-refractivity contribution in [1.82, 2.24) is 9.38 Å². The van der Waals surface area contributed by atoms with E-state index in [1.54, 1.807) is 28.9 Å². The molecule has 0 bridgehead atoms. The van der Waals surface area contributed by atoms with Crippen LogP contribution in [0.15, 0.2) is 24.5 Å². The first-order chi connectivity index (χ1) is 10.2. The number of pyridine rings is 1. The third-order valence-corrected chi connectivity index (χ3v) is 4.28. The van der Waals surface area contributed by atoms with Gasteiger partial charge in [-0.15, -0.1) is 0 Å². The van der Waals surface area contributed by atoms with E-state index in [1.807, 2.05) is 27.7 Å². The standard InChI is InChI=1S/C14H18BN3O4/c1-13(2)14(3,4)22-15(21-13)10-7-16-11-6-5-9(8-18(10)11)17-12(19)20/h5-8,17H,1-4H3,(H,19,20). The molecule has 1 saturated heterocycles. The summed E-state index contributed by atoms with van der Waals surface area (Å²) in [4.78, 5) is 15.1. The molecule has 2 aromatic rings. The van der Waals surface area contributed by atoms with Gasteiger partial charge in [0.2, 0.25) is 0 Å². The lowest BCUT2D eigenvalue weighted by Gasteiger charge is -2.32. The van der Waals surface area contributed by atoms with Gasteiger partial charge in [-0.05, 0) is 39.8 Å². The molecule has 2 N–H and O–H groups in total. The fraction of sp³-hybridized carbons (Fsp3) is 0.429. The predicted octanol–water partition coefficient (Wildman–Crippen LogP) is 1.72. The Morgan fingerprint density at radius 3 is 2.50 bits per heavy atom. The third-order valence-electron chi connectivity index (χ3n) is 4.28. The monoisotopic (exact) mass is 303 g/mol. The summed E-state index contributed by atoms with van der Waals surface area (Å²) in [5.74, 6) is 0. The van der Waals surface area contributed by atoms with Gasteiger partial charge in [0.05, 0.1) is 22.5 Å². The second-order valence-corrected chi connectivity index (χ2v) is 6.35. The highest BCUT2D eigenvalue weighted by molar-refractivity contribution is 6.61. The molecule has 3 rings (SSSR count). The Hall–Kier alpha value is -2.06. The molecule has 0 unspecified atom stereocenters. The van der Waals surface area contributed by atoms with Crippen LogP contribution in [0.3, 0.4) is 0 Å².